The quantitative estimate of drug-likeness (QED) is 0.541. The molecule has 0 unspecified atom stereocenters. The first kappa shape index (κ1) is 19.7. The summed E-state index contributed by atoms with van der Waals surface area (Å²) in [5.74, 6) is -0.00626. The van der Waals surface area contributed by atoms with Gasteiger partial charge in [0.2, 0.25) is 5.71 Å². The van der Waals surface area contributed by atoms with Crippen LogP contribution in [0.25, 0.3) is 22.4 Å². The second kappa shape index (κ2) is 7.81. The van der Waals surface area contributed by atoms with Crippen molar-refractivity contribution < 1.29 is 9.21 Å². The Bertz CT molecular complexity index is 1460. The third kappa shape index (κ3) is 3.26. The van der Waals surface area contributed by atoms with Gasteiger partial charge in [0.25, 0.3) is 11.5 Å². The Labute approximate surface area is 182 Å². The van der Waals surface area contributed by atoms with Crippen molar-refractivity contribution in [3.8, 4) is 5.69 Å². The molecule has 160 valence electrons. The van der Waals surface area contributed by atoms with Crippen molar-refractivity contribution in [3.63, 3.8) is 0 Å². The van der Waals surface area contributed by atoms with Gasteiger partial charge in [-0.3, -0.25) is 19.6 Å². The molecule has 4 heterocycles. The Morgan fingerprint density at radius 2 is 1.84 bits per heavy atom. The fourth-order valence-electron chi connectivity index (χ4n) is 4.11. The van der Waals surface area contributed by atoms with E-state index in [-0.39, 0.29) is 22.6 Å². The molecule has 4 aromatic rings. The molecular weight excluding hydrogens is 408 g/mol. The van der Waals surface area contributed by atoms with Crippen LogP contribution in [0.3, 0.4) is 0 Å². The summed E-state index contributed by atoms with van der Waals surface area (Å²) in [7, 11) is 0. The Kier molecular flexibility index (Phi) is 4.82. The number of para-hydroxylation sites is 1. The fraction of sp³-hybridized carbons (Fsp3) is 0.167. The predicted octanol–water partition coefficient (Wildman–Crippen LogP) is 2.90. The van der Waals surface area contributed by atoms with Crippen molar-refractivity contribution in [1.82, 2.24) is 19.4 Å². The SMILES string of the molecule is Cc1oc2[nH]c(=O)n(-c3ccccc3)c(=O)c2c1C(=O)N1CCC=C(c2ccncc2)C1. The number of carbonyl (C=O) groups excluding carboxylic acids is 1. The average molecular weight is 428 g/mol. The first-order valence-electron chi connectivity index (χ1n) is 10.3. The van der Waals surface area contributed by atoms with E-state index in [0.717, 1.165) is 15.7 Å². The molecule has 1 amide bonds. The van der Waals surface area contributed by atoms with E-state index in [9.17, 15) is 14.4 Å². The van der Waals surface area contributed by atoms with Crippen LogP contribution in [-0.2, 0) is 0 Å². The topological polar surface area (TPSA) is 101 Å². The summed E-state index contributed by atoms with van der Waals surface area (Å²) in [6.45, 7) is 2.56. The van der Waals surface area contributed by atoms with Crippen LogP contribution >= 0.6 is 0 Å². The molecule has 0 spiro atoms. The van der Waals surface area contributed by atoms with Crippen LogP contribution in [0.4, 0.5) is 0 Å². The molecule has 0 aliphatic carbocycles. The number of aromatic nitrogens is 3. The van der Waals surface area contributed by atoms with Gasteiger partial charge in [-0.1, -0.05) is 24.3 Å². The van der Waals surface area contributed by atoms with E-state index in [4.69, 9.17) is 4.42 Å². The van der Waals surface area contributed by atoms with Crippen LogP contribution in [0.15, 0.2) is 74.9 Å². The van der Waals surface area contributed by atoms with E-state index in [1.54, 1.807) is 54.5 Å². The van der Waals surface area contributed by atoms with Gasteiger partial charge in [0.05, 0.1) is 11.3 Å². The molecule has 3 aromatic heterocycles. The number of benzene rings is 1. The maximum Gasteiger partial charge on any atom is 0.335 e. The average Bonchev–Trinajstić information content (AvgIpc) is 3.15. The minimum atomic E-state index is -0.623. The lowest BCUT2D eigenvalue weighted by Crippen LogP contribution is -2.37. The number of amides is 1. The number of hydrogen-bond acceptors (Lipinski definition) is 5. The van der Waals surface area contributed by atoms with Crippen LogP contribution < -0.4 is 11.2 Å². The number of rotatable bonds is 3. The number of nitrogens with zero attached hydrogens (tertiary/aromatic N) is 3. The molecule has 1 aromatic carbocycles. The molecule has 0 bridgehead atoms. The van der Waals surface area contributed by atoms with Crippen molar-refractivity contribution in [2.45, 2.75) is 13.3 Å². The second-order valence-corrected chi connectivity index (χ2v) is 7.62. The summed E-state index contributed by atoms with van der Waals surface area (Å²) in [5.41, 5.74) is 1.42. The molecule has 32 heavy (non-hydrogen) atoms. The molecule has 0 radical (unpaired) electrons. The van der Waals surface area contributed by atoms with Gasteiger partial charge < -0.3 is 9.32 Å². The standard InChI is InChI=1S/C24H20N4O4/c1-15-19(22(29)27-13-5-6-17(14-27)16-9-11-25-12-10-16)20-21(32-15)26-24(31)28(23(20)30)18-7-3-2-4-8-18/h2-4,6-12H,5,13-14H2,1H3,(H,26,31). The summed E-state index contributed by atoms with van der Waals surface area (Å²) < 4.78 is 6.66. The number of nitrogens with one attached hydrogen (secondary N) is 1. The van der Waals surface area contributed by atoms with Crippen LogP contribution in [0.1, 0.15) is 28.1 Å². The maximum absolute atomic E-state index is 13.5. The van der Waals surface area contributed by atoms with Crippen LogP contribution in [0, 0.1) is 6.92 Å². The van der Waals surface area contributed by atoms with Crippen LogP contribution in [-0.4, -0.2) is 38.4 Å². The molecule has 0 atom stereocenters. The van der Waals surface area contributed by atoms with Gasteiger partial charge in [-0.25, -0.2) is 9.36 Å². The van der Waals surface area contributed by atoms with E-state index in [1.807, 2.05) is 12.1 Å². The number of aryl methyl sites for hydroxylation is 1. The monoisotopic (exact) mass is 428 g/mol. The predicted molar refractivity (Wildman–Crippen MR) is 120 cm³/mol. The number of pyridine rings is 1. The number of aromatic amines is 1. The summed E-state index contributed by atoms with van der Waals surface area (Å²) in [5, 5.41) is 0.0796. The highest BCUT2D eigenvalue weighted by atomic mass is 16.3. The normalized spacial score (nSPS) is 13.9. The number of fused-ring (bicyclic) bond motifs is 1. The number of furan rings is 1. The molecule has 1 N–H and O–H groups in total. The Morgan fingerprint density at radius 1 is 1.09 bits per heavy atom. The van der Waals surface area contributed by atoms with Gasteiger partial charge in [-0.15, -0.1) is 0 Å². The van der Waals surface area contributed by atoms with E-state index < -0.39 is 11.2 Å². The number of carbonyl (C=O) groups is 1. The second-order valence-electron chi connectivity index (χ2n) is 7.62. The molecule has 0 fully saturated rings. The molecule has 0 saturated heterocycles. The van der Waals surface area contributed by atoms with E-state index >= 15 is 0 Å². The summed E-state index contributed by atoms with van der Waals surface area (Å²) in [4.78, 5) is 47.8. The summed E-state index contributed by atoms with van der Waals surface area (Å²) in [6, 6.07) is 12.4. The van der Waals surface area contributed by atoms with E-state index in [0.29, 0.717) is 31.0 Å². The number of H-pyrrole nitrogens is 1. The lowest BCUT2D eigenvalue weighted by Gasteiger charge is -2.27. The summed E-state index contributed by atoms with van der Waals surface area (Å²) >= 11 is 0. The van der Waals surface area contributed by atoms with Crippen LogP contribution in [0.5, 0.6) is 0 Å². The van der Waals surface area contributed by atoms with Crippen molar-refractivity contribution in [3.05, 3.63) is 98.7 Å². The van der Waals surface area contributed by atoms with E-state index in [1.165, 1.54) is 0 Å². The van der Waals surface area contributed by atoms with Gasteiger partial charge in [0.1, 0.15) is 11.1 Å². The lowest BCUT2D eigenvalue weighted by atomic mass is 10.0. The third-order valence-electron chi connectivity index (χ3n) is 5.64. The summed E-state index contributed by atoms with van der Waals surface area (Å²) in [6.07, 6.45) is 6.24. The zero-order valence-electron chi connectivity index (χ0n) is 17.4. The molecule has 5 rings (SSSR count). The number of hydrogen-bond donors (Lipinski definition) is 1. The third-order valence-corrected chi connectivity index (χ3v) is 5.64. The zero-order valence-corrected chi connectivity index (χ0v) is 17.4. The zero-order chi connectivity index (χ0) is 22.2. The fourth-order valence-corrected chi connectivity index (χ4v) is 4.11. The minimum Gasteiger partial charge on any atom is -0.444 e. The van der Waals surface area contributed by atoms with Crippen molar-refractivity contribution >= 4 is 22.6 Å². The van der Waals surface area contributed by atoms with Gasteiger partial charge in [0, 0.05) is 25.5 Å². The van der Waals surface area contributed by atoms with Crippen molar-refractivity contribution in [2.24, 2.45) is 0 Å². The van der Waals surface area contributed by atoms with Crippen LogP contribution in [0.2, 0.25) is 0 Å². The molecular formula is C24H20N4O4. The lowest BCUT2D eigenvalue weighted by molar-refractivity contribution is 0.0774. The smallest absolute Gasteiger partial charge is 0.335 e. The molecule has 0 saturated carbocycles. The van der Waals surface area contributed by atoms with Gasteiger partial charge >= 0.3 is 5.69 Å². The molecule has 1 aliphatic heterocycles. The molecule has 8 nitrogen and oxygen atoms in total. The Morgan fingerprint density at radius 3 is 2.59 bits per heavy atom. The Balaban J connectivity index is 1.59. The highest BCUT2D eigenvalue weighted by molar-refractivity contribution is 6.06. The first-order valence-corrected chi connectivity index (χ1v) is 10.3. The molecule has 8 heteroatoms. The van der Waals surface area contributed by atoms with Gasteiger partial charge in [-0.05, 0) is 48.7 Å². The largest absolute Gasteiger partial charge is 0.444 e. The minimum absolute atomic E-state index is 0.00920. The van der Waals surface area contributed by atoms with Crippen molar-refractivity contribution in [2.75, 3.05) is 13.1 Å². The highest BCUT2D eigenvalue weighted by Gasteiger charge is 2.29. The maximum atomic E-state index is 13.5. The van der Waals surface area contributed by atoms with Gasteiger partial charge in [0.15, 0.2) is 0 Å². The molecule has 1 aliphatic rings. The van der Waals surface area contributed by atoms with Gasteiger partial charge in [-0.2, -0.15) is 0 Å². The first-order chi connectivity index (χ1) is 15.5. The highest BCUT2D eigenvalue weighted by Crippen LogP contribution is 2.26. The Hall–Kier alpha value is -4.20. The van der Waals surface area contributed by atoms with E-state index in [2.05, 4.69) is 16.0 Å². The van der Waals surface area contributed by atoms with Crippen molar-refractivity contribution in [1.29, 1.82) is 0 Å².